The Morgan fingerprint density at radius 3 is 2.44 bits per heavy atom. The number of benzene rings is 2. The highest BCUT2D eigenvalue weighted by Gasteiger charge is 2.30. The number of carbonyl (C=O) groups excluding carboxylic acids is 1. The summed E-state index contributed by atoms with van der Waals surface area (Å²) in [5.74, 6) is 2.46. The Morgan fingerprint density at radius 2 is 1.79 bits per heavy atom. The number of aryl methyl sites for hydroxylation is 2. The topological polar surface area (TPSA) is 71.1 Å². The van der Waals surface area contributed by atoms with E-state index in [2.05, 4.69) is 64.3 Å². The zero-order valence-electron chi connectivity index (χ0n) is 20.4. The predicted octanol–water partition coefficient (Wildman–Crippen LogP) is 5.52. The fraction of sp³-hybridized carbons (Fsp3) is 0.464. The van der Waals surface area contributed by atoms with Crippen molar-refractivity contribution in [3.05, 3.63) is 70.0 Å². The molecule has 0 unspecified atom stereocenters. The summed E-state index contributed by atoms with van der Waals surface area (Å²) in [6.07, 6.45) is 5.57. The number of carbonyl (C=O) groups is 1. The summed E-state index contributed by atoms with van der Waals surface area (Å²) in [7, 11) is 1.64. The Balaban J connectivity index is 1.39. The van der Waals surface area contributed by atoms with Crippen LogP contribution in [-0.4, -0.2) is 46.2 Å². The van der Waals surface area contributed by atoms with Crippen LogP contribution < -0.4 is 0 Å². The lowest BCUT2D eigenvalue weighted by Gasteiger charge is -2.34. The van der Waals surface area contributed by atoms with Gasteiger partial charge in [-0.05, 0) is 74.1 Å². The Hall–Kier alpha value is -2.99. The molecule has 1 aromatic heterocycles. The highest BCUT2D eigenvalue weighted by atomic mass is 16.5. The third-order valence-electron chi connectivity index (χ3n) is 7.56. The van der Waals surface area contributed by atoms with Crippen LogP contribution in [0.2, 0.25) is 0 Å². The summed E-state index contributed by atoms with van der Waals surface area (Å²) >= 11 is 0. The molecule has 2 heterocycles. The van der Waals surface area contributed by atoms with E-state index in [0.717, 1.165) is 55.5 Å². The van der Waals surface area contributed by atoms with Gasteiger partial charge in [-0.15, -0.1) is 0 Å². The number of nitrogens with one attached hydrogen (secondary N) is 1. The number of likely N-dealkylation sites (tertiary alicyclic amines) is 1. The molecule has 2 aromatic carbocycles. The van der Waals surface area contributed by atoms with E-state index in [1.807, 2.05) is 6.07 Å². The van der Waals surface area contributed by atoms with Gasteiger partial charge in [0.2, 0.25) is 0 Å². The zero-order chi connectivity index (χ0) is 23.7. The van der Waals surface area contributed by atoms with Gasteiger partial charge in [0.15, 0.2) is 11.6 Å². The summed E-state index contributed by atoms with van der Waals surface area (Å²) in [5.41, 5.74) is 6.74. The van der Waals surface area contributed by atoms with Gasteiger partial charge in [0, 0.05) is 31.3 Å². The van der Waals surface area contributed by atoms with Gasteiger partial charge in [0.25, 0.3) is 5.91 Å². The molecule has 6 heteroatoms. The standard InChI is InChI=1S/C28H34N4O2/c1-18-7-9-20(10-8-18)21-11-13-32(14-12-21)28(33)25-16-23(27-29-26(17-34-3)30-31-27)19(2)15-24(25)22-5-4-6-22/h7-10,15-16,21-22H,4-6,11-14,17H2,1-3H3,(H,29,30,31). The third kappa shape index (κ3) is 4.51. The summed E-state index contributed by atoms with van der Waals surface area (Å²) < 4.78 is 5.17. The van der Waals surface area contributed by atoms with Crippen LogP contribution in [-0.2, 0) is 11.3 Å². The minimum absolute atomic E-state index is 0.151. The first kappa shape index (κ1) is 22.8. The maximum absolute atomic E-state index is 13.8. The fourth-order valence-corrected chi connectivity index (χ4v) is 5.26. The molecule has 2 fully saturated rings. The number of nitrogens with zero attached hydrogens (tertiary/aromatic N) is 3. The molecule has 1 aliphatic heterocycles. The van der Waals surface area contributed by atoms with Crippen molar-refractivity contribution in [2.24, 2.45) is 0 Å². The first-order valence-corrected chi connectivity index (χ1v) is 12.4. The maximum Gasteiger partial charge on any atom is 0.254 e. The second kappa shape index (κ2) is 9.71. The Bertz CT molecular complexity index is 1160. The Labute approximate surface area is 201 Å². The van der Waals surface area contributed by atoms with Crippen LogP contribution >= 0.6 is 0 Å². The molecule has 2 aliphatic rings. The highest BCUT2D eigenvalue weighted by molar-refractivity contribution is 5.97. The van der Waals surface area contributed by atoms with Gasteiger partial charge in [0.05, 0.1) is 0 Å². The lowest BCUT2D eigenvalue weighted by Crippen LogP contribution is -2.38. The quantitative estimate of drug-likeness (QED) is 0.528. The van der Waals surface area contributed by atoms with Gasteiger partial charge in [-0.2, -0.15) is 5.10 Å². The van der Waals surface area contributed by atoms with E-state index >= 15 is 0 Å². The van der Waals surface area contributed by atoms with Crippen LogP contribution in [0.5, 0.6) is 0 Å². The minimum atomic E-state index is 0.151. The zero-order valence-corrected chi connectivity index (χ0v) is 20.4. The average molecular weight is 459 g/mol. The van der Waals surface area contributed by atoms with Crippen LogP contribution in [0.15, 0.2) is 36.4 Å². The molecule has 0 bridgehead atoms. The van der Waals surface area contributed by atoms with Crippen molar-refractivity contribution in [2.45, 2.75) is 64.4 Å². The molecule has 34 heavy (non-hydrogen) atoms. The summed E-state index contributed by atoms with van der Waals surface area (Å²) in [5, 5.41) is 7.34. The number of aromatic amines is 1. The monoisotopic (exact) mass is 458 g/mol. The Kier molecular flexibility index (Phi) is 6.50. The van der Waals surface area contributed by atoms with Crippen molar-refractivity contribution in [2.75, 3.05) is 20.2 Å². The number of rotatable bonds is 6. The largest absolute Gasteiger partial charge is 0.377 e. The Morgan fingerprint density at radius 1 is 1.06 bits per heavy atom. The molecule has 0 radical (unpaired) electrons. The number of hydrogen-bond acceptors (Lipinski definition) is 4. The van der Waals surface area contributed by atoms with Crippen molar-refractivity contribution in [1.82, 2.24) is 20.1 Å². The van der Waals surface area contributed by atoms with Gasteiger partial charge in [-0.25, -0.2) is 4.98 Å². The molecule has 0 atom stereocenters. The van der Waals surface area contributed by atoms with Gasteiger partial charge < -0.3 is 9.64 Å². The SMILES string of the molecule is COCc1nc(-c2cc(C(=O)N3CCC(c4ccc(C)cc4)CC3)c(C3CCC3)cc2C)n[nH]1. The molecule has 6 nitrogen and oxygen atoms in total. The van der Waals surface area contributed by atoms with E-state index in [0.29, 0.717) is 30.1 Å². The van der Waals surface area contributed by atoms with E-state index in [9.17, 15) is 4.79 Å². The molecule has 0 spiro atoms. The van der Waals surface area contributed by atoms with Crippen molar-refractivity contribution in [3.8, 4) is 11.4 Å². The number of H-pyrrole nitrogens is 1. The van der Waals surface area contributed by atoms with Gasteiger partial charge in [-0.1, -0.05) is 42.3 Å². The van der Waals surface area contributed by atoms with Gasteiger partial charge >= 0.3 is 0 Å². The van der Waals surface area contributed by atoms with E-state index in [-0.39, 0.29) is 5.91 Å². The lowest BCUT2D eigenvalue weighted by atomic mass is 9.76. The van der Waals surface area contributed by atoms with Crippen LogP contribution in [0.4, 0.5) is 0 Å². The first-order valence-electron chi connectivity index (χ1n) is 12.4. The van der Waals surface area contributed by atoms with Crippen molar-refractivity contribution < 1.29 is 9.53 Å². The summed E-state index contributed by atoms with van der Waals surface area (Å²) in [4.78, 5) is 20.4. The van der Waals surface area contributed by atoms with Crippen molar-refractivity contribution in [1.29, 1.82) is 0 Å². The molecule has 5 rings (SSSR count). The molecule has 1 saturated carbocycles. The van der Waals surface area contributed by atoms with Gasteiger partial charge in [0.1, 0.15) is 6.61 Å². The number of ether oxygens (including phenoxy) is 1. The molecule has 3 aromatic rings. The third-order valence-corrected chi connectivity index (χ3v) is 7.56. The number of hydrogen-bond donors (Lipinski definition) is 1. The molecule has 1 amide bonds. The minimum Gasteiger partial charge on any atom is -0.377 e. The van der Waals surface area contributed by atoms with E-state index < -0.39 is 0 Å². The number of methoxy groups -OCH3 is 1. The summed E-state index contributed by atoms with van der Waals surface area (Å²) in [6, 6.07) is 13.1. The van der Waals surface area contributed by atoms with Gasteiger partial charge in [-0.3, -0.25) is 9.89 Å². The molecule has 178 valence electrons. The second-order valence-corrected chi connectivity index (χ2v) is 9.90. The van der Waals surface area contributed by atoms with Crippen molar-refractivity contribution in [3.63, 3.8) is 0 Å². The second-order valence-electron chi connectivity index (χ2n) is 9.90. The van der Waals surface area contributed by atoms with Crippen molar-refractivity contribution >= 4 is 5.91 Å². The molecule has 1 saturated heterocycles. The smallest absolute Gasteiger partial charge is 0.254 e. The van der Waals surface area contributed by atoms with Crippen LogP contribution in [0.3, 0.4) is 0 Å². The highest BCUT2D eigenvalue weighted by Crippen LogP contribution is 2.41. The van der Waals surface area contributed by atoms with Crippen LogP contribution in [0, 0.1) is 13.8 Å². The van der Waals surface area contributed by atoms with E-state index in [4.69, 9.17) is 4.74 Å². The number of amides is 1. The van der Waals surface area contributed by atoms with E-state index in [1.54, 1.807) is 7.11 Å². The van der Waals surface area contributed by atoms with E-state index in [1.165, 1.54) is 23.1 Å². The molecular weight excluding hydrogens is 424 g/mol. The van der Waals surface area contributed by atoms with Crippen LogP contribution in [0.1, 0.15) is 82.4 Å². The normalized spacial score (nSPS) is 17.1. The average Bonchev–Trinajstić information content (AvgIpc) is 3.27. The van der Waals surface area contributed by atoms with Crippen LogP contribution in [0.25, 0.3) is 11.4 Å². The first-order chi connectivity index (χ1) is 16.5. The summed E-state index contributed by atoms with van der Waals surface area (Å²) in [6.45, 7) is 6.18. The molecular formula is C28H34N4O2. The molecule has 1 aliphatic carbocycles. The predicted molar refractivity (Wildman–Crippen MR) is 133 cm³/mol. The number of piperidine rings is 1. The number of aromatic nitrogens is 3. The maximum atomic E-state index is 13.8. The fourth-order valence-electron chi connectivity index (χ4n) is 5.26. The molecule has 1 N–H and O–H groups in total. The lowest BCUT2D eigenvalue weighted by molar-refractivity contribution is 0.0710.